The minimum atomic E-state index is -0.305. The Balaban J connectivity index is 1.76. The Kier molecular flexibility index (Phi) is 5.96. The second-order valence-electron chi connectivity index (χ2n) is 8.42. The Morgan fingerprint density at radius 1 is 1.17 bits per heavy atom. The Morgan fingerprint density at radius 2 is 1.86 bits per heavy atom. The van der Waals surface area contributed by atoms with Crippen LogP contribution in [0, 0.1) is 0 Å². The first-order valence-corrected chi connectivity index (χ1v) is 10.2. The number of rotatable bonds is 6. The molecule has 1 amide bonds. The molecule has 1 heterocycles. The highest BCUT2D eigenvalue weighted by molar-refractivity contribution is 5.98. The van der Waals surface area contributed by atoms with E-state index in [2.05, 4.69) is 51.2 Å². The number of anilines is 2. The Bertz CT molecular complexity index is 901. The van der Waals surface area contributed by atoms with E-state index in [1.165, 1.54) is 5.56 Å². The van der Waals surface area contributed by atoms with E-state index in [1.807, 2.05) is 17.0 Å². The van der Waals surface area contributed by atoms with Crippen LogP contribution in [0.5, 0.6) is 0 Å². The molecule has 0 radical (unpaired) electrons. The molecular weight excluding hydrogens is 364 g/mol. The molecule has 0 unspecified atom stereocenters. The summed E-state index contributed by atoms with van der Waals surface area (Å²) in [6.45, 7) is 11.2. The van der Waals surface area contributed by atoms with E-state index >= 15 is 0 Å². The van der Waals surface area contributed by atoms with Gasteiger partial charge in [-0.2, -0.15) is 0 Å². The summed E-state index contributed by atoms with van der Waals surface area (Å²) in [5.41, 5.74) is 4.69. The van der Waals surface area contributed by atoms with Gasteiger partial charge in [0.2, 0.25) is 5.91 Å². The van der Waals surface area contributed by atoms with Crippen molar-refractivity contribution in [1.29, 1.82) is 0 Å². The van der Waals surface area contributed by atoms with Crippen LogP contribution in [0.25, 0.3) is 0 Å². The smallest absolute Gasteiger partial charge is 0.338 e. The largest absolute Gasteiger partial charge is 0.462 e. The van der Waals surface area contributed by atoms with Gasteiger partial charge in [-0.25, -0.2) is 4.79 Å². The van der Waals surface area contributed by atoms with Gasteiger partial charge in [0.25, 0.3) is 0 Å². The Hall–Kier alpha value is -2.82. The minimum Gasteiger partial charge on any atom is -0.462 e. The molecule has 1 aliphatic heterocycles. The van der Waals surface area contributed by atoms with Crippen molar-refractivity contribution in [3.63, 3.8) is 0 Å². The van der Waals surface area contributed by atoms with Gasteiger partial charge in [0.1, 0.15) is 0 Å². The monoisotopic (exact) mass is 394 g/mol. The average Bonchev–Trinajstić information content (AvgIpc) is 2.66. The molecule has 154 valence electrons. The van der Waals surface area contributed by atoms with Crippen molar-refractivity contribution in [2.75, 3.05) is 16.8 Å². The van der Waals surface area contributed by atoms with Gasteiger partial charge in [-0.05, 0) is 62.2 Å². The van der Waals surface area contributed by atoms with Crippen molar-refractivity contribution in [3.05, 3.63) is 59.2 Å². The van der Waals surface area contributed by atoms with Crippen LogP contribution in [0.1, 0.15) is 62.5 Å². The zero-order chi connectivity index (χ0) is 21.2. The zero-order valence-corrected chi connectivity index (χ0v) is 17.9. The van der Waals surface area contributed by atoms with Gasteiger partial charge < -0.3 is 15.0 Å². The number of carbonyl (C=O) groups excluding carboxylic acids is 2. The number of ether oxygens (including phenoxy) is 1. The van der Waals surface area contributed by atoms with Gasteiger partial charge in [-0.1, -0.05) is 26.0 Å². The van der Waals surface area contributed by atoms with Crippen LogP contribution in [0.2, 0.25) is 0 Å². The molecule has 2 aromatic rings. The van der Waals surface area contributed by atoms with Crippen LogP contribution in [0.3, 0.4) is 0 Å². The summed E-state index contributed by atoms with van der Waals surface area (Å²) in [6, 6.07) is 13.8. The summed E-state index contributed by atoms with van der Waals surface area (Å²) in [4.78, 5) is 26.3. The molecule has 0 aliphatic carbocycles. The second kappa shape index (κ2) is 8.27. The van der Waals surface area contributed by atoms with Gasteiger partial charge in [-0.3, -0.25) is 4.79 Å². The fourth-order valence-electron chi connectivity index (χ4n) is 3.85. The van der Waals surface area contributed by atoms with Crippen molar-refractivity contribution in [3.8, 4) is 0 Å². The lowest BCUT2D eigenvalue weighted by molar-refractivity contribution is -0.120. The standard InChI is InChI=1S/C24H30N2O3/c1-6-29-23(28)18-8-10-19(11-9-18)25-15-17-7-12-21-20(13-17)24(4,5)14-22(27)26(21)16(2)3/h7-13,16,25H,6,14-15H2,1-5H3. The third-order valence-corrected chi connectivity index (χ3v) is 5.32. The lowest BCUT2D eigenvalue weighted by Gasteiger charge is -2.40. The molecule has 0 saturated carbocycles. The third-order valence-electron chi connectivity index (χ3n) is 5.32. The zero-order valence-electron chi connectivity index (χ0n) is 17.9. The van der Waals surface area contributed by atoms with Crippen molar-refractivity contribution >= 4 is 23.3 Å². The molecule has 1 aliphatic rings. The number of nitrogens with zero attached hydrogens (tertiary/aromatic N) is 1. The molecule has 0 spiro atoms. The molecule has 0 aromatic heterocycles. The van der Waals surface area contributed by atoms with E-state index < -0.39 is 0 Å². The number of hydrogen-bond acceptors (Lipinski definition) is 4. The maximum Gasteiger partial charge on any atom is 0.338 e. The number of hydrogen-bond donors (Lipinski definition) is 1. The fraction of sp³-hybridized carbons (Fsp3) is 0.417. The predicted octanol–water partition coefficient (Wildman–Crippen LogP) is 4.90. The van der Waals surface area contributed by atoms with E-state index in [0.717, 1.165) is 16.9 Å². The van der Waals surface area contributed by atoms with E-state index in [-0.39, 0.29) is 23.3 Å². The topological polar surface area (TPSA) is 58.6 Å². The number of amides is 1. The first kappa shape index (κ1) is 20.9. The van der Waals surface area contributed by atoms with Crippen molar-refractivity contribution < 1.29 is 14.3 Å². The second-order valence-corrected chi connectivity index (χ2v) is 8.42. The molecule has 0 bridgehead atoms. The van der Waals surface area contributed by atoms with Gasteiger partial charge in [-0.15, -0.1) is 0 Å². The molecule has 0 fully saturated rings. The SMILES string of the molecule is CCOC(=O)c1ccc(NCc2ccc3c(c2)C(C)(C)CC(=O)N3C(C)C)cc1. The van der Waals surface area contributed by atoms with Gasteiger partial charge in [0.05, 0.1) is 12.2 Å². The number of esters is 1. The molecule has 0 atom stereocenters. The lowest BCUT2D eigenvalue weighted by Crippen LogP contribution is -2.45. The van der Waals surface area contributed by atoms with Crippen LogP contribution in [-0.2, 0) is 21.5 Å². The number of benzene rings is 2. The van der Waals surface area contributed by atoms with E-state index in [0.29, 0.717) is 25.1 Å². The maximum atomic E-state index is 12.6. The number of fused-ring (bicyclic) bond motifs is 1. The van der Waals surface area contributed by atoms with Gasteiger partial charge in [0, 0.05) is 35.8 Å². The molecule has 0 saturated heterocycles. The van der Waals surface area contributed by atoms with Crippen LogP contribution in [-0.4, -0.2) is 24.5 Å². The predicted molar refractivity (Wildman–Crippen MR) is 116 cm³/mol. The highest BCUT2D eigenvalue weighted by Crippen LogP contribution is 2.41. The molecule has 1 N–H and O–H groups in total. The van der Waals surface area contributed by atoms with Gasteiger partial charge in [0.15, 0.2) is 0 Å². The van der Waals surface area contributed by atoms with Crippen LogP contribution >= 0.6 is 0 Å². The van der Waals surface area contributed by atoms with E-state index in [1.54, 1.807) is 19.1 Å². The average molecular weight is 395 g/mol. The summed E-state index contributed by atoms with van der Waals surface area (Å²) in [7, 11) is 0. The summed E-state index contributed by atoms with van der Waals surface area (Å²) in [5, 5.41) is 3.40. The molecule has 3 rings (SSSR count). The molecule has 2 aromatic carbocycles. The highest BCUT2D eigenvalue weighted by Gasteiger charge is 2.37. The first-order valence-electron chi connectivity index (χ1n) is 10.2. The normalized spacial score (nSPS) is 15.2. The Labute approximate surface area is 173 Å². The van der Waals surface area contributed by atoms with Crippen molar-refractivity contribution in [2.24, 2.45) is 0 Å². The maximum absolute atomic E-state index is 12.6. The lowest BCUT2D eigenvalue weighted by atomic mass is 9.76. The Morgan fingerprint density at radius 3 is 2.48 bits per heavy atom. The molecule has 5 nitrogen and oxygen atoms in total. The van der Waals surface area contributed by atoms with Crippen molar-refractivity contribution in [2.45, 2.75) is 59.0 Å². The molecule has 5 heteroatoms. The van der Waals surface area contributed by atoms with Crippen LogP contribution < -0.4 is 10.2 Å². The van der Waals surface area contributed by atoms with Crippen LogP contribution in [0.15, 0.2) is 42.5 Å². The highest BCUT2D eigenvalue weighted by atomic mass is 16.5. The number of nitrogens with one attached hydrogen (secondary N) is 1. The third kappa shape index (κ3) is 4.44. The summed E-state index contributed by atoms with van der Waals surface area (Å²) in [5.74, 6) is -0.120. The number of carbonyl (C=O) groups is 2. The summed E-state index contributed by atoms with van der Waals surface area (Å²) in [6.07, 6.45) is 0.518. The quantitative estimate of drug-likeness (QED) is 0.708. The van der Waals surface area contributed by atoms with E-state index in [4.69, 9.17) is 4.74 Å². The summed E-state index contributed by atoms with van der Waals surface area (Å²) < 4.78 is 5.02. The minimum absolute atomic E-state index is 0.138. The molecular formula is C24H30N2O3. The first-order chi connectivity index (χ1) is 13.7. The summed E-state index contributed by atoms with van der Waals surface area (Å²) >= 11 is 0. The molecule has 29 heavy (non-hydrogen) atoms. The van der Waals surface area contributed by atoms with E-state index in [9.17, 15) is 9.59 Å². The van der Waals surface area contributed by atoms with Crippen LogP contribution in [0.4, 0.5) is 11.4 Å². The fourth-order valence-corrected chi connectivity index (χ4v) is 3.85. The van der Waals surface area contributed by atoms with Crippen molar-refractivity contribution in [1.82, 2.24) is 0 Å². The van der Waals surface area contributed by atoms with Gasteiger partial charge >= 0.3 is 5.97 Å².